The monoisotopic (exact) mass is 244 g/mol. The van der Waals surface area contributed by atoms with E-state index < -0.39 is 5.60 Å². The Balaban J connectivity index is 1.77. The maximum absolute atomic E-state index is 10.9. The number of rotatable bonds is 3. The van der Waals surface area contributed by atoms with E-state index in [-0.39, 0.29) is 0 Å². The summed E-state index contributed by atoms with van der Waals surface area (Å²) < 4.78 is 0. The molecule has 1 heteroatoms. The molecule has 0 heterocycles. The van der Waals surface area contributed by atoms with Crippen molar-refractivity contribution >= 4 is 0 Å². The standard InChI is InChI=1S/C17H24O/c1-12-5-3-4-6-16(12)17(2,18)11-15-10-13-7-8-14(15)9-13/h3-6,13-15,18H,7-11H2,1-2H3. The van der Waals surface area contributed by atoms with Crippen molar-refractivity contribution in [2.75, 3.05) is 0 Å². The van der Waals surface area contributed by atoms with Gasteiger partial charge in [0.2, 0.25) is 0 Å². The fourth-order valence-corrected chi connectivity index (χ4v) is 4.42. The van der Waals surface area contributed by atoms with Crippen LogP contribution in [-0.4, -0.2) is 5.11 Å². The van der Waals surface area contributed by atoms with Crippen LogP contribution in [0.3, 0.4) is 0 Å². The first-order valence-corrected chi connectivity index (χ1v) is 7.35. The lowest BCUT2D eigenvalue weighted by atomic mass is 9.77. The van der Waals surface area contributed by atoms with Gasteiger partial charge in [0.25, 0.3) is 0 Å². The minimum atomic E-state index is -0.652. The van der Waals surface area contributed by atoms with Crippen molar-refractivity contribution in [1.82, 2.24) is 0 Å². The van der Waals surface area contributed by atoms with Gasteiger partial charge in [-0.1, -0.05) is 30.7 Å². The van der Waals surface area contributed by atoms with Gasteiger partial charge in [-0.15, -0.1) is 0 Å². The quantitative estimate of drug-likeness (QED) is 0.851. The van der Waals surface area contributed by atoms with Gasteiger partial charge in [-0.2, -0.15) is 0 Å². The Hall–Kier alpha value is -0.820. The third kappa shape index (κ3) is 2.09. The van der Waals surface area contributed by atoms with Gasteiger partial charge >= 0.3 is 0 Å². The molecule has 1 N–H and O–H groups in total. The molecule has 0 aromatic heterocycles. The van der Waals surface area contributed by atoms with E-state index in [1.807, 2.05) is 19.1 Å². The molecule has 1 aromatic rings. The second kappa shape index (κ2) is 4.38. The van der Waals surface area contributed by atoms with Crippen molar-refractivity contribution in [3.63, 3.8) is 0 Å². The number of benzene rings is 1. The zero-order valence-corrected chi connectivity index (χ0v) is 11.5. The molecule has 98 valence electrons. The average molecular weight is 244 g/mol. The van der Waals surface area contributed by atoms with Gasteiger partial charge in [-0.3, -0.25) is 0 Å². The van der Waals surface area contributed by atoms with E-state index in [1.54, 1.807) is 0 Å². The molecule has 4 unspecified atom stereocenters. The molecule has 2 fully saturated rings. The second-order valence-corrected chi connectivity index (χ2v) is 6.73. The molecule has 4 atom stereocenters. The molecule has 0 saturated heterocycles. The van der Waals surface area contributed by atoms with E-state index in [4.69, 9.17) is 0 Å². The zero-order valence-electron chi connectivity index (χ0n) is 11.5. The molecule has 2 aliphatic rings. The Morgan fingerprint density at radius 1 is 1.22 bits per heavy atom. The Bertz CT molecular complexity index is 435. The molecular formula is C17H24O. The van der Waals surface area contributed by atoms with Crippen LogP contribution in [0.25, 0.3) is 0 Å². The second-order valence-electron chi connectivity index (χ2n) is 6.73. The highest BCUT2D eigenvalue weighted by Crippen LogP contribution is 2.51. The van der Waals surface area contributed by atoms with Crippen LogP contribution in [0.5, 0.6) is 0 Å². The SMILES string of the molecule is Cc1ccccc1C(C)(O)CC1CC2CCC1C2. The van der Waals surface area contributed by atoms with Crippen LogP contribution in [0.4, 0.5) is 0 Å². The Morgan fingerprint density at radius 2 is 2.00 bits per heavy atom. The molecular weight excluding hydrogens is 220 g/mol. The zero-order chi connectivity index (χ0) is 12.8. The summed E-state index contributed by atoms with van der Waals surface area (Å²) in [6, 6.07) is 8.27. The lowest BCUT2D eigenvalue weighted by molar-refractivity contribution is 0.0199. The molecule has 2 bridgehead atoms. The smallest absolute Gasteiger partial charge is 0.0873 e. The minimum Gasteiger partial charge on any atom is -0.385 e. The first-order chi connectivity index (χ1) is 8.56. The van der Waals surface area contributed by atoms with Gasteiger partial charge in [-0.05, 0) is 68.4 Å². The molecule has 0 amide bonds. The lowest BCUT2D eigenvalue weighted by Crippen LogP contribution is -2.28. The van der Waals surface area contributed by atoms with E-state index in [1.165, 1.54) is 31.2 Å². The summed E-state index contributed by atoms with van der Waals surface area (Å²) in [5.41, 5.74) is 1.68. The fourth-order valence-electron chi connectivity index (χ4n) is 4.42. The number of aryl methyl sites for hydroxylation is 1. The van der Waals surface area contributed by atoms with Crippen LogP contribution < -0.4 is 0 Å². The Kier molecular flexibility index (Phi) is 2.97. The molecule has 0 radical (unpaired) electrons. The first kappa shape index (κ1) is 12.2. The summed E-state index contributed by atoms with van der Waals surface area (Å²) in [6.45, 7) is 4.10. The maximum Gasteiger partial charge on any atom is 0.0873 e. The summed E-state index contributed by atoms with van der Waals surface area (Å²) in [5.74, 6) is 2.61. The molecule has 3 rings (SSSR count). The average Bonchev–Trinajstić information content (AvgIpc) is 2.90. The highest BCUT2D eigenvalue weighted by molar-refractivity contribution is 5.30. The van der Waals surface area contributed by atoms with E-state index in [0.29, 0.717) is 0 Å². The van der Waals surface area contributed by atoms with Crippen molar-refractivity contribution in [3.05, 3.63) is 35.4 Å². The summed E-state index contributed by atoms with van der Waals surface area (Å²) in [5, 5.41) is 10.9. The number of hydrogen-bond acceptors (Lipinski definition) is 1. The van der Waals surface area contributed by atoms with E-state index in [0.717, 1.165) is 29.7 Å². The van der Waals surface area contributed by atoms with Crippen molar-refractivity contribution in [2.24, 2.45) is 17.8 Å². The number of fused-ring (bicyclic) bond motifs is 2. The maximum atomic E-state index is 10.9. The van der Waals surface area contributed by atoms with Crippen LogP contribution in [0.2, 0.25) is 0 Å². The van der Waals surface area contributed by atoms with E-state index in [2.05, 4.69) is 19.1 Å². The molecule has 18 heavy (non-hydrogen) atoms. The normalized spacial score (nSPS) is 33.6. The molecule has 2 saturated carbocycles. The van der Waals surface area contributed by atoms with Gasteiger partial charge in [0, 0.05) is 0 Å². The van der Waals surface area contributed by atoms with Crippen LogP contribution in [0, 0.1) is 24.7 Å². The van der Waals surface area contributed by atoms with Crippen LogP contribution in [0.1, 0.15) is 50.2 Å². The van der Waals surface area contributed by atoms with Crippen LogP contribution in [0.15, 0.2) is 24.3 Å². The van der Waals surface area contributed by atoms with Crippen LogP contribution >= 0.6 is 0 Å². The third-order valence-corrected chi connectivity index (χ3v) is 5.27. The lowest BCUT2D eigenvalue weighted by Gasteiger charge is -2.32. The third-order valence-electron chi connectivity index (χ3n) is 5.27. The van der Waals surface area contributed by atoms with Gasteiger partial charge in [-0.25, -0.2) is 0 Å². The summed E-state index contributed by atoms with van der Waals surface area (Å²) >= 11 is 0. The van der Waals surface area contributed by atoms with Crippen LogP contribution in [-0.2, 0) is 5.60 Å². The molecule has 0 spiro atoms. The van der Waals surface area contributed by atoms with Gasteiger partial charge in [0.05, 0.1) is 5.60 Å². The summed E-state index contributed by atoms with van der Waals surface area (Å²) in [7, 11) is 0. The van der Waals surface area contributed by atoms with Crippen molar-refractivity contribution in [3.8, 4) is 0 Å². The topological polar surface area (TPSA) is 20.2 Å². The Morgan fingerprint density at radius 3 is 2.61 bits per heavy atom. The predicted molar refractivity (Wildman–Crippen MR) is 74.3 cm³/mol. The van der Waals surface area contributed by atoms with E-state index >= 15 is 0 Å². The fraction of sp³-hybridized carbons (Fsp3) is 0.647. The largest absolute Gasteiger partial charge is 0.385 e. The minimum absolute atomic E-state index is 0.652. The molecule has 1 nitrogen and oxygen atoms in total. The van der Waals surface area contributed by atoms with Crippen molar-refractivity contribution in [2.45, 2.75) is 51.6 Å². The predicted octanol–water partition coefficient (Wildman–Crippen LogP) is 4.03. The highest BCUT2D eigenvalue weighted by Gasteiger charge is 2.42. The van der Waals surface area contributed by atoms with Gasteiger partial charge in [0.15, 0.2) is 0 Å². The molecule has 2 aliphatic carbocycles. The highest BCUT2D eigenvalue weighted by atomic mass is 16.3. The first-order valence-electron chi connectivity index (χ1n) is 7.35. The molecule has 1 aromatic carbocycles. The summed E-state index contributed by atoms with van der Waals surface area (Å²) in [6.07, 6.45) is 6.56. The van der Waals surface area contributed by atoms with Gasteiger partial charge < -0.3 is 5.11 Å². The number of hydrogen-bond donors (Lipinski definition) is 1. The number of aliphatic hydroxyl groups is 1. The van der Waals surface area contributed by atoms with Crippen molar-refractivity contribution < 1.29 is 5.11 Å². The summed E-state index contributed by atoms with van der Waals surface area (Å²) in [4.78, 5) is 0. The van der Waals surface area contributed by atoms with Gasteiger partial charge in [0.1, 0.15) is 0 Å². The van der Waals surface area contributed by atoms with E-state index in [9.17, 15) is 5.11 Å². The van der Waals surface area contributed by atoms with Crippen molar-refractivity contribution in [1.29, 1.82) is 0 Å². The Labute approximate surface area is 110 Å². The molecule has 0 aliphatic heterocycles.